The minimum atomic E-state index is -4.57. The summed E-state index contributed by atoms with van der Waals surface area (Å²) in [6.45, 7) is -0.321. The fourth-order valence-electron chi connectivity index (χ4n) is 2.84. The highest BCUT2D eigenvalue weighted by atomic mass is 35.5. The van der Waals surface area contributed by atoms with Crippen molar-refractivity contribution in [2.45, 2.75) is 12.7 Å². The van der Waals surface area contributed by atoms with E-state index in [1.54, 1.807) is 0 Å². The number of nitrogens with one attached hydrogen (secondary N) is 1. The normalized spacial score (nSPS) is 11.9. The van der Waals surface area contributed by atoms with Crippen molar-refractivity contribution in [1.29, 1.82) is 5.41 Å². The van der Waals surface area contributed by atoms with E-state index in [0.29, 0.717) is 5.02 Å². The maximum Gasteiger partial charge on any atom is 0.418 e. The molecule has 0 aliphatic rings. The Balaban J connectivity index is 2.13. The molecule has 3 rings (SSSR count). The van der Waals surface area contributed by atoms with Crippen LogP contribution in [0.5, 0.6) is 0 Å². The third-order valence-electron chi connectivity index (χ3n) is 4.05. The van der Waals surface area contributed by atoms with Crippen LogP contribution in [0.3, 0.4) is 0 Å². The molecule has 0 bridgehead atoms. The van der Waals surface area contributed by atoms with Gasteiger partial charge in [-0.2, -0.15) is 13.2 Å². The van der Waals surface area contributed by atoms with E-state index in [9.17, 15) is 18.0 Å². The number of imidazole rings is 1. The van der Waals surface area contributed by atoms with E-state index in [0.717, 1.165) is 10.6 Å². The second-order valence-electron chi connectivity index (χ2n) is 5.69. The lowest BCUT2D eigenvalue weighted by Gasteiger charge is -2.09. The van der Waals surface area contributed by atoms with Crippen molar-refractivity contribution in [3.05, 3.63) is 63.2 Å². The molecule has 3 aromatic rings. The van der Waals surface area contributed by atoms with Crippen molar-refractivity contribution < 1.29 is 18.0 Å². The Bertz CT molecular complexity index is 1080. The molecular formula is C17H12Cl2F3N3O. The molecule has 9 heteroatoms. The Morgan fingerprint density at radius 3 is 2.50 bits per heavy atom. The second-order valence-corrected chi connectivity index (χ2v) is 6.53. The summed E-state index contributed by atoms with van der Waals surface area (Å²) >= 11 is 11.8. The molecule has 0 fully saturated rings. The Morgan fingerprint density at radius 1 is 1.19 bits per heavy atom. The zero-order valence-electron chi connectivity index (χ0n) is 13.4. The van der Waals surface area contributed by atoms with E-state index in [-0.39, 0.29) is 33.8 Å². The Hall–Kier alpha value is -2.25. The topological polar surface area (TPSA) is 50.8 Å². The number of carbonyl (C=O) groups is 1. The molecule has 0 radical (unpaired) electrons. The summed E-state index contributed by atoms with van der Waals surface area (Å²) in [5, 5.41) is 8.63. The largest absolute Gasteiger partial charge is 0.418 e. The number of alkyl halides is 3. The molecule has 1 aromatic heterocycles. The molecule has 26 heavy (non-hydrogen) atoms. The van der Waals surface area contributed by atoms with Crippen molar-refractivity contribution in [1.82, 2.24) is 9.13 Å². The molecule has 0 aliphatic heterocycles. The lowest BCUT2D eigenvalue weighted by atomic mass is 10.1. The number of hydrogen-bond acceptors (Lipinski definition) is 2. The van der Waals surface area contributed by atoms with E-state index in [2.05, 4.69) is 0 Å². The van der Waals surface area contributed by atoms with Gasteiger partial charge in [0.1, 0.15) is 0 Å². The van der Waals surface area contributed by atoms with Gasteiger partial charge in [0.25, 0.3) is 0 Å². The lowest BCUT2D eigenvalue weighted by molar-refractivity contribution is -0.136. The number of aromatic nitrogens is 2. The quantitative estimate of drug-likeness (QED) is 0.637. The highest BCUT2D eigenvalue weighted by Gasteiger charge is 2.34. The van der Waals surface area contributed by atoms with Gasteiger partial charge < -0.3 is 9.13 Å². The molecule has 0 amide bonds. The number of aryl methyl sites for hydroxylation is 1. The number of fused-ring (bicyclic) bond motifs is 1. The van der Waals surface area contributed by atoms with Gasteiger partial charge in [-0.3, -0.25) is 10.2 Å². The van der Waals surface area contributed by atoms with Crippen molar-refractivity contribution >= 4 is 40.0 Å². The summed E-state index contributed by atoms with van der Waals surface area (Å²) in [4.78, 5) is 12.6. The molecule has 0 atom stereocenters. The first kappa shape index (κ1) is 18.5. The fourth-order valence-corrected chi connectivity index (χ4v) is 3.35. The maximum atomic E-state index is 13.3. The van der Waals surface area contributed by atoms with Crippen LogP contribution in [0.1, 0.15) is 15.9 Å². The van der Waals surface area contributed by atoms with E-state index in [1.807, 2.05) is 0 Å². The van der Waals surface area contributed by atoms with Crippen LogP contribution in [0.2, 0.25) is 10.0 Å². The predicted molar refractivity (Wildman–Crippen MR) is 92.6 cm³/mol. The number of ketones is 1. The van der Waals surface area contributed by atoms with Gasteiger partial charge in [-0.25, -0.2) is 0 Å². The van der Waals surface area contributed by atoms with Crippen LogP contribution in [0.15, 0.2) is 36.4 Å². The van der Waals surface area contributed by atoms with Crippen LogP contribution in [-0.2, 0) is 19.8 Å². The van der Waals surface area contributed by atoms with Gasteiger partial charge in [0.2, 0.25) is 5.62 Å². The number of para-hydroxylation sites is 1. The second kappa shape index (κ2) is 6.48. The molecule has 136 valence electrons. The summed E-state index contributed by atoms with van der Waals surface area (Å²) in [5.74, 6) is -0.435. The Kier molecular flexibility index (Phi) is 4.62. The number of hydrogen-bond donors (Lipinski definition) is 1. The van der Waals surface area contributed by atoms with Crippen LogP contribution in [0.25, 0.3) is 11.0 Å². The predicted octanol–water partition coefficient (Wildman–Crippen LogP) is 4.67. The maximum absolute atomic E-state index is 13.3. The van der Waals surface area contributed by atoms with Gasteiger partial charge in [-0.1, -0.05) is 29.3 Å². The lowest BCUT2D eigenvalue weighted by Crippen LogP contribution is -2.26. The standard InChI is InChI=1S/C17H12Cl2F3N3O/c1-24-15-11(17(20,21)22)3-2-4-13(15)25(16(24)23)8-14(26)10-6-5-9(18)7-12(10)19/h2-7,23H,8H2,1H3. The molecule has 4 nitrogen and oxygen atoms in total. The number of carbonyl (C=O) groups excluding carboxylic acids is 1. The number of nitrogens with zero attached hydrogens (tertiary/aromatic N) is 2. The molecule has 0 spiro atoms. The van der Waals surface area contributed by atoms with Gasteiger partial charge in [-0.05, 0) is 30.3 Å². The Labute approximate surface area is 155 Å². The van der Waals surface area contributed by atoms with Gasteiger partial charge in [0.05, 0.1) is 28.2 Å². The van der Waals surface area contributed by atoms with Crippen molar-refractivity contribution in [3.63, 3.8) is 0 Å². The molecule has 0 unspecified atom stereocenters. The van der Waals surface area contributed by atoms with Crippen molar-refractivity contribution in [3.8, 4) is 0 Å². The average Bonchev–Trinajstić information content (AvgIpc) is 2.79. The molecule has 0 saturated carbocycles. The summed E-state index contributed by atoms with van der Waals surface area (Å²) in [6, 6.07) is 8.00. The van der Waals surface area contributed by atoms with Gasteiger partial charge in [-0.15, -0.1) is 0 Å². The Morgan fingerprint density at radius 2 is 1.88 bits per heavy atom. The fraction of sp³-hybridized carbons (Fsp3) is 0.176. The number of rotatable bonds is 3. The summed E-state index contributed by atoms with van der Waals surface area (Å²) in [5.41, 5.74) is -0.908. The van der Waals surface area contributed by atoms with Gasteiger partial charge in [0.15, 0.2) is 5.78 Å². The number of halogens is 5. The zero-order valence-corrected chi connectivity index (χ0v) is 14.9. The first-order valence-electron chi connectivity index (χ1n) is 7.39. The van der Waals surface area contributed by atoms with Gasteiger partial charge >= 0.3 is 6.18 Å². The summed E-state index contributed by atoms with van der Waals surface area (Å²) < 4.78 is 42.2. The van der Waals surface area contributed by atoms with Crippen LogP contribution in [-0.4, -0.2) is 14.9 Å². The summed E-state index contributed by atoms with van der Waals surface area (Å²) in [7, 11) is 1.36. The zero-order chi connectivity index (χ0) is 19.2. The van der Waals surface area contributed by atoms with E-state index in [4.69, 9.17) is 28.6 Å². The first-order valence-corrected chi connectivity index (χ1v) is 8.15. The monoisotopic (exact) mass is 401 g/mol. The van der Waals surface area contributed by atoms with E-state index < -0.39 is 17.5 Å². The number of benzene rings is 2. The highest BCUT2D eigenvalue weighted by molar-refractivity contribution is 6.36. The van der Waals surface area contributed by atoms with Crippen LogP contribution < -0.4 is 5.62 Å². The molecule has 1 N–H and O–H groups in total. The third-order valence-corrected chi connectivity index (χ3v) is 4.60. The van der Waals surface area contributed by atoms with Crippen LogP contribution >= 0.6 is 23.2 Å². The van der Waals surface area contributed by atoms with Crippen LogP contribution in [0.4, 0.5) is 13.2 Å². The molecule has 1 heterocycles. The SMILES string of the molecule is Cn1c(=N)n(CC(=O)c2ccc(Cl)cc2Cl)c2cccc(C(F)(F)F)c21. The van der Waals surface area contributed by atoms with Crippen molar-refractivity contribution in [2.75, 3.05) is 0 Å². The summed E-state index contributed by atoms with van der Waals surface area (Å²) in [6.07, 6.45) is -4.57. The minimum absolute atomic E-state index is 0.144. The highest BCUT2D eigenvalue weighted by Crippen LogP contribution is 2.34. The van der Waals surface area contributed by atoms with Gasteiger partial charge in [0, 0.05) is 17.6 Å². The molecule has 0 aliphatic carbocycles. The first-order chi connectivity index (χ1) is 12.1. The number of Topliss-reactive ketones (excluding diaryl/α,β-unsaturated/α-hetero) is 1. The third kappa shape index (κ3) is 3.12. The smallest absolute Gasteiger partial charge is 0.313 e. The minimum Gasteiger partial charge on any atom is -0.313 e. The van der Waals surface area contributed by atoms with Crippen molar-refractivity contribution in [2.24, 2.45) is 7.05 Å². The molecular weight excluding hydrogens is 390 g/mol. The van der Waals surface area contributed by atoms with E-state index >= 15 is 0 Å². The van der Waals surface area contributed by atoms with Crippen LogP contribution in [0, 0.1) is 5.41 Å². The molecule has 0 saturated heterocycles. The average molecular weight is 402 g/mol. The van der Waals surface area contributed by atoms with E-state index in [1.165, 1.54) is 41.9 Å². The molecule has 2 aromatic carbocycles.